The number of aromatic nitrogens is 3. The first kappa shape index (κ1) is 14.9. The van der Waals surface area contributed by atoms with Gasteiger partial charge >= 0.3 is 0 Å². The molecular weight excluding hydrogens is 300 g/mol. The lowest BCUT2D eigenvalue weighted by Gasteiger charge is -2.09. The molecule has 1 atom stereocenters. The topological polar surface area (TPSA) is 79.9 Å². The molecule has 6 nitrogen and oxygen atoms in total. The summed E-state index contributed by atoms with van der Waals surface area (Å²) in [6.07, 6.45) is 2.95. The van der Waals surface area contributed by atoms with Crippen LogP contribution in [0.2, 0.25) is 0 Å². The van der Waals surface area contributed by atoms with Gasteiger partial charge in [-0.3, -0.25) is 9.89 Å². The molecule has 22 heavy (non-hydrogen) atoms. The van der Waals surface area contributed by atoms with Crippen LogP contribution in [-0.2, 0) is 4.79 Å². The molecule has 2 N–H and O–H groups in total. The van der Waals surface area contributed by atoms with Gasteiger partial charge in [-0.15, -0.1) is 5.10 Å². The summed E-state index contributed by atoms with van der Waals surface area (Å²) in [7, 11) is 1.63. The maximum atomic E-state index is 12.0. The number of aromatic amines is 1. The van der Waals surface area contributed by atoms with E-state index in [-0.39, 0.29) is 11.2 Å². The van der Waals surface area contributed by atoms with Crippen LogP contribution in [0.5, 0.6) is 5.75 Å². The average molecular weight is 318 g/mol. The number of nitrogens with one attached hydrogen (secondary N) is 2. The fourth-order valence-electron chi connectivity index (χ4n) is 2.33. The third-order valence-electron chi connectivity index (χ3n) is 3.56. The van der Waals surface area contributed by atoms with Crippen LogP contribution < -0.4 is 10.1 Å². The second-order valence-electron chi connectivity index (χ2n) is 5.09. The number of benzene rings is 1. The molecule has 3 rings (SSSR count). The second kappa shape index (κ2) is 6.83. The molecule has 0 saturated carbocycles. The van der Waals surface area contributed by atoms with Crippen molar-refractivity contribution >= 4 is 17.7 Å². The quantitative estimate of drug-likeness (QED) is 0.904. The normalized spacial score (nSPS) is 18.6. The van der Waals surface area contributed by atoms with Gasteiger partial charge in [-0.1, -0.05) is 18.2 Å². The SMILES string of the molecule is COc1ccc(-c2nc(SC3CCCCNC3=O)n[nH]2)cc1. The van der Waals surface area contributed by atoms with Crippen LogP contribution in [-0.4, -0.2) is 40.0 Å². The Morgan fingerprint density at radius 2 is 2.09 bits per heavy atom. The number of nitrogens with zero attached hydrogens (tertiary/aromatic N) is 2. The minimum Gasteiger partial charge on any atom is -0.497 e. The van der Waals surface area contributed by atoms with E-state index in [2.05, 4.69) is 20.5 Å². The molecular formula is C15H18N4O2S. The average Bonchev–Trinajstić information content (AvgIpc) is 2.92. The van der Waals surface area contributed by atoms with Crippen molar-refractivity contribution in [2.75, 3.05) is 13.7 Å². The van der Waals surface area contributed by atoms with E-state index in [4.69, 9.17) is 4.74 Å². The Balaban J connectivity index is 1.71. The molecule has 0 bridgehead atoms. The number of hydrogen-bond acceptors (Lipinski definition) is 5. The van der Waals surface area contributed by atoms with Crippen molar-refractivity contribution in [3.8, 4) is 17.1 Å². The van der Waals surface area contributed by atoms with Crippen LogP contribution in [0.25, 0.3) is 11.4 Å². The number of rotatable bonds is 4. The zero-order valence-corrected chi connectivity index (χ0v) is 13.2. The van der Waals surface area contributed by atoms with E-state index in [1.807, 2.05) is 24.3 Å². The van der Waals surface area contributed by atoms with Crippen LogP contribution in [0.15, 0.2) is 29.4 Å². The number of methoxy groups -OCH3 is 1. The molecule has 2 heterocycles. The van der Waals surface area contributed by atoms with Crippen LogP contribution >= 0.6 is 11.8 Å². The summed E-state index contributed by atoms with van der Waals surface area (Å²) in [5, 5.41) is 10.6. The monoisotopic (exact) mass is 318 g/mol. The third kappa shape index (κ3) is 3.41. The van der Waals surface area contributed by atoms with Crippen molar-refractivity contribution < 1.29 is 9.53 Å². The predicted octanol–water partition coefficient (Wildman–Crippen LogP) is 2.24. The predicted molar refractivity (Wildman–Crippen MR) is 84.9 cm³/mol. The Kier molecular flexibility index (Phi) is 4.62. The highest BCUT2D eigenvalue weighted by molar-refractivity contribution is 8.00. The van der Waals surface area contributed by atoms with Crippen molar-refractivity contribution in [3.05, 3.63) is 24.3 Å². The van der Waals surface area contributed by atoms with Crippen molar-refractivity contribution in [1.29, 1.82) is 0 Å². The number of hydrogen-bond donors (Lipinski definition) is 2. The zero-order chi connectivity index (χ0) is 15.4. The first-order chi connectivity index (χ1) is 10.8. The first-order valence-corrected chi connectivity index (χ1v) is 8.15. The van der Waals surface area contributed by atoms with Gasteiger partial charge in [-0.25, -0.2) is 4.98 Å². The molecule has 7 heteroatoms. The molecule has 1 aliphatic heterocycles. The van der Waals surface area contributed by atoms with Gasteiger partial charge in [0.2, 0.25) is 11.1 Å². The summed E-state index contributed by atoms with van der Waals surface area (Å²) in [6, 6.07) is 7.60. The molecule has 0 aliphatic carbocycles. The van der Waals surface area contributed by atoms with Gasteiger partial charge in [0.05, 0.1) is 12.4 Å². The summed E-state index contributed by atoms with van der Waals surface area (Å²) in [4.78, 5) is 16.4. The number of carbonyl (C=O) groups excluding carboxylic acids is 1. The van der Waals surface area contributed by atoms with Gasteiger partial charge < -0.3 is 10.1 Å². The third-order valence-corrected chi connectivity index (χ3v) is 4.69. The highest BCUT2D eigenvalue weighted by Crippen LogP contribution is 2.27. The van der Waals surface area contributed by atoms with E-state index < -0.39 is 0 Å². The Morgan fingerprint density at radius 1 is 1.27 bits per heavy atom. The van der Waals surface area contributed by atoms with Gasteiger partial charge in [0, 0.05) is 12.1 Å². The number of carbonyl (C=O) groups is 1. The standard InChI is InChI=1S/C15H18N4O2S/c1-21-11-7-5-10(6-8-11)13-17-15(19-18-13)22-12-4-2-3-9-16-14(12)20/h5-8,12H,2-4,9H2,1H3,(H,16,20)(H,17,18,19). The molecule has 0 spiro atoms. The van der Waals surface area contributed by atoms with Gasteiger partial charge in [-0.2, -0.15) is 0 Å². The zero-order valence-electron chi connectivity index (χ0n) is 12.3. The van der Waals surface area contributed by atoms with Crippen LogP contribution in [0.1, 0.15) is 19.3 Å². The van der Waals surface area contributed by atoms with Crippen LogP contribution in [0.3, 0.4) is 0 Å². The Labute approximate surface area is 133 Å². The second-order valence-corrected chi connectivity index (χ2v) is 6.26. The van der Waals surface area contributed by atoms with Gasteiger partial charge in [0.25, 0.3) is 0 Å². The van der Waals surface area contributed by atoms with Crippen molar-refractivity contribution in [2.24, 2.45) is 0 Å². The van der Waals surface area contributed by atoms with Crippen LogP contribution in [0, 0.1) is 0 Å². The molecule has 2 aromatic rings. The van der Waals surface area contributed by atoms with Crippen LogP contribution in [0.4, 0.5) is 0 Å². The smallest absolute Gasteiger partial charge is 0.233 e. The summed E-state index contributed by atoms with van der Waals surface area (Å²) in [5.41, 5.74) is 0.936. The van der Waals surface area contributed by atoms with E-state index in [0.717, 1.165) is 37.1 Å². The lowest BCUT2D eigenvalue weighted by molar-refractivity contribution is -0.120. The number of thioether (sulfide) groups is 1. The molecule has 1 aromatic heterocycles. The first-order valence-electron chi connectivity index (χ1n) is 7.27. The van der Waals surface area contributed by atoms with E-state index in [1.54, 1.807) is 7.11 Å². The van der Waals surface area contributed by atoms with E-state index in [1.165, 1.54) is 11.8 Å². The molecule has 1 unspecified atom stereocenters. The number of H-pyrrole nitrogens is 1. The number of ether oxygens (including phenoxy) is 1. The van der Waals surface area contributed by atoms with E-state index in [0.29, 0.717) is 11.0 Å². The minimum atomic E-state index is -0.109. The lowest BCUT2D eigenvalue weighted by Crippen LogP contribution is -2.30. The fourth-order valence-corrected chi connectivity index (χ4v) is 3.30. The van der Waals surface area contributed by atoms with E-state index in [9.17, 15) is 4.79 Å². The van der Waals surface area contributed by atoms with Crippen molar-refractivity contribution in [2.45, 2.75) is 29.7 Å². The maximum absolute atomic E-state index is 12.0. The lowest BCUT2D eigenvalue weighted by atomic mass is 10.2. The van der Waals surface area contributed by atoms with Gasteiger partial charge in [0.1, 0.15) is 5.75 Å². The molecule has 116 valence electrons. The largest absolute Gasteiger partial charge is 0.497 e. The highest BCUT2D eigenvalue weighted by Gasteiger charge is 2.23. The highest BCUT2D eigenvalue weighted by atomic mass is 32.2. The summed E-state index contributed by atoms with van der Waals surface area (Å²) in [5.74, 6) is 1.57. The molecule has 1 amide bonds. The van der Waals surface area contributed by atoms with Gasteiger partial charge in [0.15, 0.2) is 5.82 Å². The summed E-state index contributed by atoms with van der Waals surface area (Å²) >= 11 is 1.42. The Hall–Kier alpha value is -2.02. The fraction of sp³-hybridized carbons (Fsp3) is 0.400. The van der Waals surface area contributed by atoms with E-state index >= 15 is 0 Å². The molecule has 1 saturated heterocycles. The Bertz CT molecular complexity index is 641. The summed E-state index contributed by atoms with van der Waals surface area (Å²) in [6.45, 7) is 0.765. The summed E-state index contributed by atoms with van der Waals surface area (Å²) < 4.78 is 5.14. The molecule has 1 fully saturated rings. The Morgan fingerprint density at radius 3 is 2.86 bits per heavy atom. The van der Waals surface area contributed by atoms with Gasteiger partial charge in [-0.05, 0) is 37.1 Å². The molecule has 0 radical (unpaired) electrons. The maximum Gasteiger partial charge on any atom is 0.233 e. The molecule has 1 aliphatic rings. The number of amides is 1. The molecule has 1 aromatic carbocycles. The van der Waals surface area contributed by atoms with Crippen molar-refractivity contribution in [3.63, 3.8) is 0 Å². The minimum absolute atomic E-state index is 0.0818. The van der Waals surface area contributed by atoms with Crippen molar-refractivity contribution in [1.82, 2.24) is 20.5 Å².